The van der Waals surface area contributed by atoms with Gasteiger partial charge < -0.3 is 5.73 Å². The van der Waals surface area contributed by atoms with Crippen molar-refractivity contribution in [2.24, 2.45) is 5.73 Å². The van der Waals surface area contributed by atoms with E-state index in [9.17, 15) is 8.78 Å². The van der Waals surface area contributed by atoms with Crippen LogP contribution in [0.1, 0.15) is 12.5 Å². The number of halogens is 2. The van der Waals surface area contributed by atoms with E-state index in [0.29, 0.717) is 16.7 Å². The van der Waals surface area contributed by atoms with Crippen molar-refractivity contribution in [1.82, 2.24) is 0 Å². The second kappa shape index (κ2) is 5.88. The molecule has 15 heavy (non-hydrogen) atoms. The molecule has 82 valence electrons. The molecule has 0 spiro atoms. The van der Waals surface area contributed by atoms with E-state index in [0.717, 1.165) is 5.56 Å². The van der Waals surface area contributed by atoms with E-state index >= 15 is 0 Å². The Morgan fingerprint density at radius 3 is 2.33 bits per heavy atom. The first-order valence-corrected chi connectivity index (χ1v) is 5.44. The van der Waals surface area contributed by atoms with Crippen LogP contribution in [0.15, 0.2) is 35.2 Å². The molecule has 2 N–H and O–H groups in total. The molecular formula is C11H13F2NS. The van der Waals surface area contributed by atoms with Crippen LogP contribution >= 0.6 is 11.8 Å². The van der Waals surface area contributed by atoms with Gasteiger partial charge in [-0.2, -0.15) is 8.78 Å². The van der Waals surface area contributed by atoms with Crippen molar-refractivity contribution in [3.63, 3.8) is 0 Å². The summed E-state index contributed by atoms with van der Waals surface area (Å²) in [6, 6.07) is 6.95. The van der Waals surface area contributed by atoms with Crippen LogP contribution in [-0.4, -0.2) is 11.8 Å². The first-order valence-electron chi connectivity index (χ1n) is 4.56. The maximum absolute atomic E-state index is 12.0. The second-order valence-corrected chi connectivity index (χ2v) is 4.23. The molecule has 0 bridgehead atoms. The zero-order chi connectivity index (χ0) is 11.3. The Kier molecular flexibility index (Phi) is 4.78. The maximum Gasteiger partial charge on any atom is 0.288 e. The predicted molar refractivity (Wildman–Crippen MR) is 61.0 cm³/mol. The number of alkyl halides is 2. The molecule has 0 saturated carbocycles. The first-order chi connectivity index (χ1) is 7.08. The van der Waals surface area contributed by atoms with Crippen molar-refractivity contribution in [2.45, 2.75) is 23.6 Å². The smallest absolute Gasteiger partial charge is 0.288 e. The molecule has 0 amide bonds. The molecule has 0 radical (unpaired) electrons. The molecule has 4 heteroatoms. The summed E-state index contributed by atoms with van der Waals surface area (Å²) >= 11 is 0.549. The summed E-state index contributed by atoms with van der Waals surface area (Å²) in [5.41, 5.74) is 6.51. The van der Waals surface area contributed by atoms with E-state index in [4.69, 9.17) is 5.73 Å². The van der Waals surface area contributed by atoms with Gasteiger partial charge in [0, 0.05) is 10.9 Å². The molecule has 0 aromatic heterocycles. The highest BCUT2D eigenvalue weighted by atomic mass is 32.2. The van der Waals surface area contributed by atoms with E-state index < -0.39 is 5.76 Å². The maximum atomic E-state index is 12.0. The van der Waals surface area contributed by atoms with Crippen LogP contribution in [0.2, 0.25) is 0 Å². The number of hydrogen-bond donors (Lipinski definition) is 1. The van der Waals surface area contributed by atoms with Crippen molar-refractivity contribution >= 4 is 17.8 Å². The molecule has 1 aromatic rings. The average Bonchev–Trinajstić information content (AvgIpc) is 2.16. The number of thioether (sulfide) groups is 1. The van der Waals surface area contributed by atoms with Gasteiger partial charge in [-0.3, -0.25) is 0 Å². The van der Waals surface area contributed by atoms with E-state index in [1.807, 2.05) is 19.1 Å². The molecule has 0 aliphatic rings. The normalized spacial score (nSPS) is 13.7. The van der Waals surface area contributed by atoms with Crippen LogP contribution in [0.25, 0.3) is 6.08 Å². The monoisotopic (exact) mass is 229 g/mol. The third-order valence-corrected chi connectivity index (χ3v) is 2.42. The minimum Gasteiger partial charge on any atom is -0.325 e. The van der Waals surface area contributed by atoms with Gasteiger partial charge in [-0.25, -0.2) is 0 Å². The molecule has 1 aromatic carbocycles. The Labute approximate surface area is 92.4 Å². The molecule has 1 atom stereocenters. The van der Waals surface area contributed by atoms with Gasteiger partial charge in [0.1, 0.15) is 0 Å². The molecule has 0 aliphatic heterocycles. The van der Waals surface area contributed by atoms with Gasteiger partial charge in [0.2, 0.25) is 0 Å². The fraction of sp³-hybridized carbons (Fsp3) is 0.273. The van der Waals surface area contributed by atoms with Crippen molar-refractivity contribution in [3.8, 4) is 0 Å². The zero-order valence-electron chi connectivity index (χ0n) is 8.36. The summed E-state index contributed by atoms with van der Waals surface area (Å²) in [6.07, 6.45) is 3.73. The predicted octanol–water partition coefficient (Wildman–Crippen LogP) is 3.36. The van der Waals surface area contributed by atoms with Gasteiger partial charge in [-0.05, 0) is 24.6 Å². The van der Waals surface area contributed by atoms with Gasteiger partial charge in [0.25, 0.3) is 5.76 Å². The third-order valence-electron chi connectivity index (χ3n) is 1.70. The Hall–Kier alpha value is -0.870. The summed E-state index contributed by atoms with van der Waals surface area (Å²) in [5.74, 6) is -2.37. The van der Waals surface area contributed by atoms with Crippen molar-refractivity contribution < 1.29 is 8.78 Å². The lowest BCUT2D eigenvalue weighted by atomic mass is 10.2. The topological polar surface area (TPSA) is 26.0 Å². The van der Waals surface area contributed by atoms with E-state index in [1.54, 1.807) is 24.3 Å². The van der Waals surface area contributed by atoms with E-state index in [1.165, 1.54) is 0 Å². The highest BCUT2D eigenvalue weighted by molar-refractivity contribution is 7.99. The highest BCUT2D eigenvalue weighted by Crippen LogP contribution is 2.25. The molecule has 0 aliphatic carbocycles. The summed E-state index contributed by atoms with van der Waals surface area (Å²) in [4.78, 5) is 0.572. The highest BCUT2D eigenvalue weighted by Gasteiger charge is 2.03. The molecule has 0 heterocycles. The van der Waals surface area contributed by atoms with E-state index in [2.05, 4.69) is 0 Å². The van der Waals surface area contributed by atoms with Crippen LogP contribution in [0.3, 0.4) is 0 Å². The van der Waals surface area contributed by atoms with Gasteiger partial charge >= 0.3 is 0 Å². The molecular weight excluding hydrogens is 216 g/mol. The molecule has 0 fully saturated rings. The largest absolute Gasteiger partial charge is 0.325 e. The number of rotatable bonds is 4. The number of benzene rings is 1. The van der Waals surface area contributed by atoms with Gasteiger partial charge in [-0.1, -0.05) is 36.0 Å². The van der Waals surface area contributed by atoms with Crippen LogP contribution < -0.4 is 5.73 Å². The standard InChI is InChI=1S/C11H13F2NS/c1-8(14)2-3-9-4-6-10(7-5-9)15-11(12)13/h2-8,11H,14H2,1H3/b3-2+. The van der Waals surface area contributed by atoms with Crippen LogP contribution in [0.5, 0.6) is 0 Å². The van der Waals surface area contributed by atoms with Crippen LogP contribution in [0.4, 0.5) is 8.78 Å². The number of hydrogen-bond acceptors (Lipinski definition) is 2. The molecule has 1 rings (SSSR count). The van der Waals surface area contributed by atoms with Gasteiger partial charge in [0.05, 0.1) is 0 Å². The third kappa shape index (κ3) is 4.95. The lowest BCUT2D eigenvalue weighted by Gasteiger charge is -2.00. The summed E-state index contributed by atoms with van der Waals surface area (Å²) < 4.78 is 24.0. The first kappa shape index (κ1) is 12.2. The minimum atomic E-state index is -2.37. The Morgan fingerprint density at radius 1 is 1.27 bits per heavy atom. The summed E-state index contributed by atoms with van der Waals surface area (Å²) in [7, 11) is 0. The fourth-order valence-corrected chi connectivity index (χ4v) is 1.52. The van der Waals surface area contributed by atoms with Crippen LogP contribution in [0, 0.1) is 0 Å². The zero-order valence-corrected chi connectivity index (χ0v) is 9.18. The molecule has 0 saturated heterocycles. The summed E-state index contributed by atoms with van der Waals surface area (Å²) in [6.45, 7) is 1.87. The van der Waals surface area contributed by atoms with Crippen molar-refractivity contribution in [1.29, 1.82) is 0 Å². The minimum absolute atomic E-state index is 0.000107. The van der Waals surface area contributed by atoms with Gasteiger partial charge in [-0.15, -0.1) is 0 Å². The quantitative estimate of drug-likeness (QED) is 0.801. The molecule has 1 unspecified atom stereocenters. The lowest BCUT2D eigenvalue weighted by Crippen LogP contribution is -2.09. The fourth-order valence-electron chi connectivity index (χ4n) is 1.02. The average molecular weight is 229 g/mol. The summed E-state index contributed by atoms with van der Waals surface area (Å²) in [5, 5.41) is 0. The molecule has 1 nitrogen and oxygen atoms in total. The van der Waals surface area contributed by atoms with Crippen LogP contribution in [-0.2, 0) is 0 Å². The second-order valence-electron chi connectivity index (χ2n) is 3.17. The Bertz CT molecular complexity index is 320. The lowest BCUT2D eigenvalue weighted by molar-refractivity contribution is 0.252. The van der Waals surface area contributed by atoms with E-state index in [-0.39, 0.29) is 6.04 Å². The van der Waals surface area contributed by atoms with Crippen molar-refractivity contribution in [2.75, 3.05) is 0 Å². The van der Waals surface area contributed by atoms with Crippen molar-refractivity contribution in [3.05, 3.63) is 35.9 Å². The SMILES string of the molecule is CC(N)/C=C/c1ccc(SC(F)F)cc1. The Morgan fingerprint density at radius 2 is 1.87 bits per heavy atom. The van der Waals surface area contributed by atoms with Gasteiger partial charge in [0.15, 0.2) is 0 Å². The number of nitrogens with two attached hydrogens (primary N) is 1. The Balaban J connectivity index is 2.64.